The summed E-state index contributed by atoms with van der Waals surface area (Å²) in [5.74, 6) is 1.48. The molecule has 0 spiro atoms. The summed E-state index contributed by atoms with van der Waals surface area (Å²) in [6.45, 7) is 7.06. The van der Waals surface area contributed by atoms with Crippen LogP contribution in [0.1, 0.15) is 37.5 Å². The molecule has 2 aromatic carbocycles. The number of fused-ring (bicyclic) bond motifs is 1. The Labute approximate surface area is 148 Å². The molecule has 5 nitrogen and oxygen atoms in total. The molecule has 0 atom stereocenters. The molecule has 0 fully saturated rings. The number of nitrogens with zero attached hydrogens (tertiary/aromatic N) is 2. The van der Waals surface area contributed by atoms with E-state index in [4.69, 9.17) is 15.2 Å². The Balaban J connectivity index is 2.18. The van der Waals surface area contributed by atoms with Gasteiger partial charge < -0.3 is 15.2 Å². The highest BCUT2D eigenvalue weighted by Gasteiger charge is 2.20. The number of anilines is 1. The molecule has 0 aliphatic carbocycles. The van der Waals surface area contributed by atoms with Crippen LogP contribution >= 0.6 is 0 Å². The van der Waals surface area contributed by atoms with Gasteiger partial charge in [0.2, 0.25) is 0 Å². The fourth-order valence-corrected chi connectivity index (χ4v) is 2.90. The molecular weight excluding hydrogens is 314 g/mol. The maximum atomic E-state index is 5.96. The fourth-order valence-electron chi connectivity index (χ4n) is 2.90. The highest BCUT2D eigenvalue weighted by atomic mass is 16.5. The van der Waals surface area contributed by atoms with E-state index in [-0.39, 0.29) is 0 Å². The normalized spacial score (nSPS) is 13.4. The highest BCUT2D eigenvalue weighted by Crippen LogP contribution is 2.34. The van der Waals surface area contributed by atoms with Crippen LogP contribution in [0, 0.1) is 0 Å². The summed E-state index contributed by atoms with van der Waals surface area (Å²) in [6.07, 6.45) is 0.719. The van der Waals surface area contributed by atoms with E-state index in [0.29, 0.717) is 18.9 Å². The Bertz CT molecular complexity index is 841. The molecule has 25 heavy (non-hydrogen) atoms. The van der Waals surface area contributed by atoms with Crippen LogP contribution in [0.2, 0.25) is 0 Å². The summed E-state index contributed by atoms with van der Waals surface area (Å²) in [6, 6.07) is 11.7. The maximum absolute atomic E-state index is 5.96. The molecule has 1 heterocycles. The zero-order valence-corrected chi connectivity index (χ0v) is 14.9. The molecule has 2 aromatic rings. The smallest absolute Gasteiger partial charge is 0.161 e. The largest absolute Gasteiger partial charge is 0.490 e. The van der Waals surface area contributed by atoms with E-state index in [1.54, 1.807) is 0 Å². The van der Waals surface area contributed by atoms with Gasteiger partial charge >= 0.3 is 0 Å². The van der Waals surface area contributed by atoms with Crippen LogP contribution in [0.25, 0.3) is 0 Å². The Morgan fingerprint density at radius 1 is 1.00 bits per heavy atom. The van der Waals surface area contributed by atoms with Gasteiger partial charge in [-0.15, -0.1) is 5.10 Å². The van der Waals surface area contributed by atoms with Crippen molar-refractivity contribution >= 4 is 17.1 Å². The van der Waals surface area contributed by atoms with Crippen LogP contribution in [-0.4, -0.2) is 24.6 Å². The summed E-state index contributed by atoms with van der Waals surface area (Å²) < 4.78 is 11.6. The lowest BCUT2D eigenvalue weighted by atomic mass is 9.94. The molecule has 0 aromatic heterocycles. The van der Waals surface area contributed by atoms with E-state index in [1.807, 2.05) is 57.2 Å². The van der Waals surface area contributed by atoms with Crippen LogP contribution in [0.15, 0.2) is 46.6 Å². The quantitative estimate of drug-likeness (QED) is 0.843. The van der Waals surface area contributed by atoms with Crippen molar-refractivity contribution in [1.82, 2.24) is 0 Å². The number of rotatable bonds is 5. The van der Waals surface area contributed by atoms with Crippen molar-refractivity contribution in [3.05, 3.63) is 53.1 Å². The standard InChI is InChI=1S/C20H23N3O2/c1-4-24-18-11-15-9-13(3)22-23-20(14-7-6-8-16(21)10-14)17(15)12-19(18)25-5-2/h6-8,10-12H,4-5,9,21H2,1-3H3. The van der Waals surface area contributed by atoms with Gasteiger partial charge in [0.05, 0.1) is 13.2 Å². The van der Waals surface area contributed by atoms with Crippen molar-refractivity contribution < 1.29 is 9.47 Å². The van der Waals surface area contributed by atoms with Gasteiger partial charge in [-0.05, 0) is 50.6 Å². The van der Waals surface area contributed by atoms with E-state index < -0.39 is 0 Å². The second-order valence-corrected chi connectivity index (χ2v) is 5.91. The molecule has 0 saturated carbocycles. The molecule has 1 aliphatic heterocycles. The average Bonchev–Trinajstić information content (AvgIpc) is 2.74. The molecule has 0 unspecified atom stereocenters. The monoisotopic (exact) mass is 337 g/mol. The Kier molecular flexibility index (Phi) is 5.03. The van der Waals surface area contributed by atoms with Gasteiger partial charge in [-0.25, -0.2) is 0 Å². The van der Waals surface area contributed by atoms with Gasteiger partial charge in [-0.3, -0.25) is 0 Å². The fraction of sp³-hybridized carbons (Fsp3) is 0.300. The van der Waals surface area contributed by atoms with E-state index in [0.717, 1.165) is 46.0 Å². The summed E-state index contributed by atoms with van der Waals surface area (Å²) >= 11 is 0. The first-order valence-electron chi connectivity index (χ1n) is 8.52. The highest BCUT2D eigenvalue weighted by molar-refractivity contribution is 6.15. The predicted molar refractivity (Wildman–Crippen MR) is 102 cm³/mol. The number of hydrogen-bond donors (Lipinski definition) is 1. The lowest BCUT2D eigenvalue weighted by Gasteiger charge is -2.16. The van der Waals surface area contributed by atoms with Crippen LogP contribution in [0.3, 0.4) is 0 Å². The van der Waals surface area contributed by atoms with Crippen molar-refractivity contribution in [1.29, 1.82) is 0 Å². The lowest BCUT2D eigenvalue weighted by molar-refractivity contribution is 0.287. The topological polar surface area (TPSA) is 69.2 Å². The first-order chi connectivity index (χ1) is 12.1. The first-order valence-corrected chi connectivity index (χ1v) is 8.52. The Morgan fingerprint density at radius 2 is 1.72 bits per heavy atom. The second kappa shape index (κ2) is 7.38. The lowest BCUT2D eigenvalue weighted by Crippen LogP contribution is -2.09. The number of nitrogens with two attached hydrogens (primary N) is 1. The van der Waals surface area contributed by atoms with E-state index in [2.05, 4.69) is 10.2 Å². The van der Waals surface area contributed by atoms with Gasteiger partial charge in [0.1, 0.15) is 5.71 Å². The minimum atomic E-state index is 0.569. The zero-order valence-electron chi connectivity index (χ0n) is 14.9. The van der Waals surface area contributed by atoms with Gasteiger partial charge in [-0.2, -0.15) is 5.10 Å². The van der Waals surface area contributed by atoms with Crippen molar-refractivity contribution in [2.45, 2.75) is 27.2 Å². The third-order valence-electron chi connectivity index (χ3n) is 3.95. The molecule has 0 saturated heterocycles. The SMILES string of the molecule is CCOc1cc2c(cc1OCC)C(c1cccc(N)c1)=NN=C(C)C2. The van der Waals surface area contributed by atoms with Crippen molar-refractivity contribution in [3.63, 3.8) is 0 Å². The van der Waals surface area contributed by atoms with Gasteiger partial charge in [0.15, 0.2) is 11.5 Å². The van der Waals surface area contributed by atoms with Crippen LogP contribution in [-0.2, 0) is 6.42 Å². The van der Waals surface area contributed by atoms with E-state index in [9.17, 15) is 0 Å². The second-order valence-electron chi connectivity index (χ2n) is 5.91. The van der Waals surface area contributed by atoms with Crippen LogP contribution in [0.5, 0.6) is 11.5 Å². The summed E-state index contributed by atoms with van der Waals surface area (Å²) in [7, 11) is 0. The number of benzene rings is 2. The third kappa shape index (κ3) is 3.65. The molecule has 0 bridgehead atoms. The van der Waals surface area contributed by atoms with Gasteiger partial charge in [-0.1, -0.05) is 12.1 Å². The molecule has 0 amide bonds. The summed E-state index contributed by atoms with van der Waals surface area (Å²) in [5, 5.41) is 8.85. The molecule has 3 rings (SSSR count). The number of hydrogen-bond acceptors (Lipinski definition) is 5. The Hall–Kier alpha value is -2.82. The van der Waals surface area contributed by atoms with E-state index >= 15 is 0 Å². The number of ether oxygens (including phenoxy) is 2. The molecule has 2 N–H and O–H groups in total. The van der Waals surface area contributed by atoms with Crippen molar-refractivity contribution in [2.75, 3.05) is 18.9 Å². The minimum Gasteiger partial charge on any atom is -0.490 e. The number of nitrogen functional groups attached to an aromatic ring is 1. The summed E-state index contributed by atoms with van der Waals surface area (Å²) in [4.78, 5) is 0. The first kappa shape index (κ1) is 17.0. The third-order valence-corrected chi connectivity index (χ3v) is 3.95. The van der Waals surface area contributed by atoms with Crippen molar-refractivity contribution in [3.8, 4) is 11.5 Å². The Morgan fingerprint density at radius 3 is 2.40 bits per heavy atom. The minimum absolute atomic E-state index is 0.569. The van der Waals surface area contributed by atoms with Gasteiger partial charge in [0.25, 0.3) is 0 Å². The maximum Gasteiger partial charge on any atom is 0.161 e. The average molecular weight is 337 g/mol. The molecule has 130 valence electrons. The molecular formula is C20H23N3O2. The molecule has 5 heteroatoms. The predicted octanol–water partition coefficient (Wildman–Crippen LogP) is 3.84. The van der Waals surface area contributed by atoms with Gasteiger partial charge in [0, 0.05) is 28.9 Å². The van der Waals surface area contributed by atoms with Crippen molar-refractivity contribution in [2.24, 2.45) is 10.2 Å². The van der Waals surface area contributed by atoms with E-state index in [1.165, 1.54) is 0 Å². The zero-order chi connectivity index (χ0) is 17.8. The van der Waals surface area contributed by atoms with Crippen LogP contribution in [0.4, 0.5) is 5.69 Å². The summed E-state index contributed by atoms with van der Waals surface area (Å²) in [5.41, 5.74) is 11.5. The molecule has 1 aliphatic rings. The molecule has 0 radical (unpaired) electrons. The van der Waals surface area contributed by atoms with Crippen LogP contribution < -0.4 is 15.2 Å².